The molecule has 198 valence electrons. The maximum absolute atomic E-state index is 13.6. The fraction of sp³-hybridized carbons (Fsp3) is 0.480. The Hall–Kier alpha value is -2.14. The van der Waals surface area contributed by atoms with Crippen molar-refractivity contribution in [1.29, 1.82) is 0 Å². The van der Waals surface area contributed by atoms with Gasteiger partial charge in [-0.1, -0.05) is 36.4 Å². The van der Waals surface area contributed by atoms with Crippen molar-refractivity contribution >= 4 is 28.2 Å². The van der Waals surface area contributed by atoms with Gasteiger partial charge in [0.1, 0.15) is 0 Å². The first-order chi connectivity index (χ1) is 16.6. The average molecular weight is 547 g/mol. The highest BCUT2D eigenvalue weighted by Gasteiger charge is 2.53. The Labute approximate surface area is 215 Å². The second kappa shape index (κ2) is 11.1. The lowest BCUT2D eigenvalue weighted by Gasteiger charge is -2.39. The van der Waals surface area contributed by atoms with Crippen LogP contribution in [0.4, 0.5) is 13.2 Å². The number of carbonyl (C=O) groups excluding carboxylic acids is 1. The summed E-state index contributed by atoms with van der Waals surface area (Å²) in [7, 11) is -4.08. The van der Waals surface area contributed by atoms with E-state index in [4.69, 9.17) is 0 Å². The summed E-state index contributed by atoms with van der Waals surface area (Å²) in [6.45, 7) is 0.954. The van der Waals surface area contributed by atoms with Gasteiger partial charge in [0.25, 0.3) is 5.91 Å². The van der Waals surface area contributed by atoms with E-state index < -0.39 is 33.1 Å². The molecular formula is C25H30ClF3N2O4S. The zero-order valence-corrected chi connectivity index (χ0v) is 21.3. The first kappa shape index (κ1) is 28.4. The number of aryl methyl sites for hydroxylation is 1. The smallest absolute Gasteiger partial charge is 0.300 e. The number of halogens is 4. The average Bonchev–Trinajstić information content (AvgIpc) is 3.69. The van der Waals surface area contributed by atoms with Crippen molar-refractivity contribution in [3.8, 4) is 11.1 Å². The van der Waals surface area contributed by atoms with E-state index in [1.807, 2.05) is 0 Å². The molecule has 2 N–H and O–H groups in total. The van der Waals surface area contributed by atoms with Crippen molar-refractivity contribution in [3.05, 3.63) is 54.1 Å². The molecule has 0 radical (unpaired) electrons. The monoisotopic (exact) mass is 546 g/mol. The highest BCUT2D eigenvalue weighted by molar-refractivity contribution is 7.93. The fourth-order valence-corrected chi connectivity index (χ4v) is 6.77. The highest BCUT2D eigenvalue weighted by Crippen LogP contribution is 2.39. The zero-order chi connectivity index (χ0) is 25.3. The first-order valence-corrected chi connectivity index (χ1v) is 13.2. The van der Waals surface area contributed by atoms with Gasteiger partial charge in [0.05, 0.1) is 4.90 Å². The Morgan fingerprint density at radius 2 is 1.53 bits per heavy atom. The normalized spacial score (nSPS) is 18.3. The third-order valence-corrected chi connectivity index (χ3v) is 9.59. The van der Waals surface area contributed by atoms with Crippen molar-refractivity contribution in [1.82, 2.24) is 10.4 Å². The van der Waals surface area contributed by atoms with E-state index in [1.165, 1.54) is 12.1 Å². The molecule has 11 heteroatoms. The number of hydrogen-bond acceptors (Lipinski definition) is 5. The number of carbonyl (C=O) groups is 1. The molecule has 0 atom stereocenters. The number of amides is 1. The molecule has 0 aromatic heterocycles. The fourth-order valence-electron chi connectivity index (χ4n) is 4.82. The van der Waals surface area contributed by atoms with Gasteiger partial charge in [-0.2, -0.15) is 13.2 Å². The summed E-state index contributed by atoms with van der Waals surface area (Å²) in [5.74, 6) is -0.905. The lowest BCUT2D eigenvalue weighted by Crippen LogP contribution is -2.58. The summed E-state index contributed by atoms with van der Waals surface area (Å²) < 4.78 is 62.5. The minimum Gasteiger partial charge on any atom is -0.300 e. The van der Waals surface area contributed by atoms with Gasteiger partial charge in [0.2, 0.25) is 0 Å². The van der Waals surface area contributed by atoms with Crippen LogP contribution in [0.25, 0.3) is 11.1 Å². The minimum absolute atomic E-state index is 0. The van der Waals surface area contributed by atoms with Gasteiger partial charge < -0.3 is 4.90 Å². The number of piperidine rings is 1. The van der Waals surface area contributed by atoms with Crippen LogP contribution in [-0.2, 0) is 21.1 Å². The molecular weight excluding hydrogens is 517 g/mol. The van der Waals surface area contributed by atoms with Crippen LogP contribution in [0.5, 0.6) is 0 Å². The maximum atomic E-state index is 13.6. The number of likely N-dealkylation sites (tertiary alicyclic amines) is 1. The Kier molecular flexibility index (Phi) is 8.75. The zero-order valence-electron chi connectivity index (χ0n) is 19.6. The number of nitrogens with zero attached hydrogens (tertiary/aromatic N) is 1. The van der Waals surface area contributed by atoms with E-state index in [9.17, 15) is 31.6 Å². The minimum atomic E-state index is -4.16. The number of benzene rings is 2. The van der Waals surface area contributed by atoms with Crippen LogP contribution in [-0.4, -0.2) is 54.5 Å². The number of alkyl halides is 3. The second-order valence-corrected chi connectivity index (χ2v) is 11.7. The SMILES string of the molecule is Cl.O=C(NO)C1(S(=O)(=O)c2ccc(-c3ccc(CCCC(F)(F)F)cc3)cc2)CCN(C2CC2)CC1. The Morgan fingerprint density at radius 1 is 1.00 bits per heavy atom. The van der Waals surface area contributed by atoms with Crippen LogP contribution >= 0.6 is 12.4 Å². The molecule has 1 aliphatic heterocycles. The summed E-state index contributed by atoms with van der Waals surface area (Å²) in [5.41, 5.74) is 3.92. The predicted molar refractivity (Wildman–Crippen MR) is 132 cm³/mol. The molecule has 1 aliphatic carbocycles. The number of rotatable bonds is 8. The number of hydroxylamine groups is 1. The molecule has 4 rings (SSSR count). The van der Waals surface area contributed by atoms with Crippen LogP contribution in [0.1, 0.15) is 44.1 Å². The van der Waals surface area contributed by atoms with Crippen molar-refractivity contribution in [2.45, 2.75) is 66.8 Å². The van der Waals surface area contributed by atoms with Gasteiger partial charge >= 0.3 is 6.18 Å². The Morgan fingerprint density at radius 3 is 2.00 bits per heavy atom. The molecule has 1 saturated carbocycles. The van der Waals surface area contributed by atoms with E-state index >= 15 is 0 Å². The van der Waals surface area contributed by atoms with Crippen molar-refractivity contribution in [2.75, 3.05) is 13.1 Å². The standard InChI is InChI=1S/C25H29F3N2O4S.ClH/c26-25(27,28)13-1-2-18-3-5-19(6-4-18)20-7-11-22(12-8-20)35(33,34)24(23(31)29-32)14-16-30(17-15-24)21-9-10-21;/h3-8,11-12,21,32H,1-2,9-10,13-17H2,(H,29,31);1H. The van der Waals surface area contributed by atoms with Gasteiger partial charge in [-0.3, -0.25) is 10.0 Å². The largest absolute Gasteiger partial charge is 0.389 e. The first-order valence-electron chi connectivity index (χ1n) is 11.8. The van der Waals surface area contributed by atoms with Gasteiger partial charge in [0.15, 0.2) is 14.6 Å². The van der Waals surface area contributed by atoms with Gasteiger partial charge in [-0.15, -0.1) is 12.4 Å². The van der Waals surface area contributed by atoms with E-state index in [2.05, 4.69) is 4.90 Å². The highest BCUT2D eigenvalue weighted by atomic mass is 35.5. The van der Waals surface area contributed by atoms with Crippen molar-refractivity contribution in [2.24, 2.45) is 0 Å². The molecule has 1 amide bonds. The lowest BCUT2D eigenvalue weighted by molar-refractivity contribution is -0.135. The maximum Gasteiger partial charge on any atom is 0.389 e. The van der Waals surface area contributed by atoms with E-state index in [1.54, 1.807) is 41.9 Å². The number of nitrogens with one attached hydrogen (secondary N) is 1. The van der Waals surface area contributed by atoms with Gasteiger partial charge in [-0.25, -0.2) is 13.9 Å². The number of sulfone groups is 1. The van der Waals surface area contributed by atoms with Crippen LogP contribution < -0.4 is 5.48 Å². The van der Waals surface area contributed by atoms with E-state index in [-0.39, 0.29) is 36.6 Å². The molecule has 2 aromatic carbocycles. The topological polar surface area (TPSA) is 86.7 Å². The van der Waals surface area contributed by atoms with Crippen LogP contribution in [0.2, 0.25) is 0 Å². The summed E-state index contributed by atoms with van der Waals surface area (Å²) in [6, 6.07) is 13.8. The molecule has 1 heterocycles. The summed E-state index contributed by atoms with van der Waals surface area (Å²) in [5, 5.41) is 9.33. The Bertz CT molecular complexity index is 1140. The third kappa shape index (κ3) is 6.04. The second-order valence-electron chi connectivity index (χ2n) is 9.40. The van der Waals surface area contributed by atoms with Crippen molar-refractivity contribution in [3.63, 3.8) is 0 Å². The summed E-state index contributed by atoms with van der Waals surface area (Å²) >= 11 is 0. The predicted octanol–water partition coefficient (Wildman–Crippen LogP) is 4.94. The third-order valence-electron chi connectivity index (χ3n) is 7.08. The van der Waals surface area contributed by atoms with Gasteiger partial charge in [0, 0.05) is 25.6 Å². The molecule has 0 spiro atoms. The summed E-state index contributed by atoms with van der Waals surface area (Å²) in [4.78, 5) is 14.8. The molecule has 36 heavy (non-hydrogen) atoms. The van der Waals surface area contributed by atoms with E-state index in [0.29, 0.717) is 25.6 Å². The lowest BCUT2D eigenvalue weighted by atomic mass is 9.94. The molecule has 2 aromatic rings. The molecule has 2 fully saturated rings. The molecule has 6 nitrogen and oxygen atoms in total. The van der Waals surface area contributed by atoms with E-state index in [0.717, 1.165) is 29.5 Å². The number of hydrogen-bond donors (Lipinski definition) is 2. The van der Waals surface area contributed by atoms with Crippen molar-refractivity contribution < 1.29 is 31.6 Å². The summed E-state index contributed by atoms with van der Waals surface area (Å²) in [6.07, 6.45) is -2.25. The Balaban J connectivity index is 0.00000361. The van der Waals surface area contributed by atoms with Crippen LogP contribution in [0.3, 0.4) is 0 Å². The van der Waals surface area contributed by atoms with Gasteiger partial charge in [-0.05, 0) is 67.3 Å². The molecule has 1 saturated heterocycles. The van der Waals surface area contributed by atoms with Crippen LogP contribution in [0.15, 0.2) is 53.4 Å². The quantitative estimate of drug-likeness (QED) is 0.362. The molecule has 0 unspecified atom stereocenters. The molecule has 2 aliphatic rings. The molecule has 0 bridgehead atoms. The van der Waals surface area contributed by atoms with Crippen LogP contribution in [0, 0.1) is 0 Å².